The normalized spacial score (nSPS) is 15.5. The lowest BCUT2D eigenvalue weighted by Crippen LogP contribution is -2.28. The monoisotopic (exact) mass is 191 g/mol. The molecule has 1 aromatic rings. The number of aliphatic imine (C=N–C) groups is 1. The molecule has 0 fully saturated rings. The number of nitrogens with zero attached hydrogens (tertiary/aromatic N) is 2. The summed E-state index contributed by atoms with van der Waals surface area (Å²) in [5, 5.41) is 12.4. The van der Waals surface area contributed by atoms with Crippen LogP contribution in [-0.4, -0.2) is 36.1 Å². The molecule has 2 rings (SSSR count). The van der Waals surface area contributed by atoms with Gasteiger partial charge in [0, 0.05) is 25.3 Å². The Bertz CT molecular complexity index is 362. The summed E-state index contributed by atoms with van der Waals surface area (Å²) in [6, 6.07) is 7.02. The molecule has 2 N–H and O–H groups in total. The summed E-state index contributed by atoms with van der Waals surface area (Å²) in [4.78, 5) is 6.34. The number of hydrogen-bond acceptors (Lipinski definition) is 4. The number of likely N-dealkylation sites (N-methyl/N-ethyl adjacent to an activating group) is 1. The molecular formula is C10H13N3O. The van der Waals surface area contributed by atoms with Crippen LogP contribution in [0.15, 0.2) is 29.3 Å². The molecule has 0 aromatic heterocycles. The second kappa shape index (κ2) is 3.57. The molecule has 0 amide bonds. The van der Waals surface area contributed by atoms with Gasteiger partial charge in [-0.2, -0.15) is 0 Å². The number of phenolic OH excluding ortho intramolecular Hbond substituents is 1. The third kappa shape index (κ3) is 1.79. The van der Waals surface area contributed by atoms with Crippen LogP contribution in [0.25, 0.3) is 0 Å². The van der Waals surface area contributed by atoms with Crippen molar-refractivity contribution in [1.29, 1.82) is 0 Å². The molecular weight excluding hydrogens is 178 g/mol. The van der Waals surface area contributed by atoms with Gasteiger partial charge in [-0.3, -0.25) is 4.99 Å². The Labute approximate surface area is 82.9 Å². The maximum Gasteiger partial charge on any atom is 0.198 e. The lowest BCUT2D eigenvalue weighted by molar-refractivity contribution is 0.475. The molecule has 0 atom stereocenters. The Morgan fingerprint density at radius 1 is 1.50 bits per heavy atom. The zero-order valence-corrected chi connectivity index (χ0v) is 8.07. The molecule has 0 radical (unpaired) electrons. The first-order valence-electron chi connectivity index (χ1n) is 4.57. The molecule has 0 saturated heterocycles. The smallest absolute Gasteiger partial charge is 0.198 e. The van der Waals surface area contributed by atoms with E-state index in [2.05, 4.69) is 10.3 Å². The van der Waals surface area contributed by atoms with Crippen molar-refractivity contribution in [2.24, 2.45) is 4.99 Å². The third-order valence-electron chi connectivity index (χ3n) is 2.16. The number of anilines is 1. The molecule has 0 aliphatic carbocycles. The molecule has 1 aliphatic heterocycles. The lowest BCUT2D eigenvalue weighted by atomic mass is 10.3. The highest BCUT2D eigenvalue weighted by atomic mass is 16.3. The van der Waals surface area contributed by atoms with E-state index in [0.29, 0.717) is 0 Å². The Morgan fingerprint density at radius 2 is 2.36 bits per heavy atom. The van der Waals surface area contributed by atoms with Gasteiger partial charge in [0.25, 0.3) is 0 Å². The maximum atomic E-state index is 9.26. The van der Waals surface area contributed by atoms with Crippen LogP contribution >= 0.6 is 0 Å². The first kappa shape index (κ1) is 8.87. The highest BCUT2D eigenvalue weighted by molar-refractivity contribution is 5.94. The van der Waals surface area contributed by atoms with Gasteiger partial charge in [-0.05, 0) is 12.1 Å². The zero-order valence-electron chi connectivity index (χ0n) is 8.07. The summed E-state index contributed by atoms with van der Waals surface area (Å²) in [6.07, 6.45) is 0. The van der Waals surface area contributed by atoms with Crippen LogP contribution in [0, 0.1) is 0 Å². The van der Waals surface area contributed by atoms with Crippen molar-refractivity contribution in [3.63, 3.8) is 0 Å². The number of hydrogen-bond donors (Lipinski definition) is 2. The van der Waals surface area contributed by atoms with Crippen molar-refractivity contribution < 1.29 is 5.11 Å². The second-order valence-electron chi connectivity index (χ2n) is 3.30. The highest BCUT2D eigenvalue weighted by Gasteiger charge is 2.11. The van der Waals surface area contributed by atoms with Gasteiger partial charge in [-0.25, -0.2) is 0 Å². The average molecular weight is 191 g/mol. The summed E-state index contributed by atoms with van der Waals surface area (Å²) in [5.41, 5.74) is 0.859. The molecule has 0 saturated carbocycles. The van der Waals surface area contributed by atoms with Gasteiger partial charge in [0.1, 0.15) is 5.75 Å². The van der Waals surface area contributed by atoms with E-state index >= 15 is 0 Å². The van der Waals surface area contributed by atoms with Crippen molar-refractivity contribution in [3.8, 4) is 5.75 Å². The number of guanidine groups is 1. The van der Waals surface area contributed by atoms with Crippen LogP contribution in [0.3, 0.4) is 0 Å². The van der Waals surface area contributed by atoms with Crippen molar-refractivity contribution in [1.82, 2.24) is 4.90 Å². The van der Waals surface area contributed by atoms with Crippen LogP contribution in [0.2, 0.25) is 0 Å². The summed E-state index contributed by atoms with van der Waals surface area (Å²) >= 11 is 0. The number of rotatable bonds is 1. The molecule has 0 unspecified atom stereocenters. The first-order chi connectivity index (χ1) is 6.75. The Morgan fingerprint density at radius 3 is 3.00 bits per heavy atom. The van der Waals surface area contributed by atoms with Gasteiger partial charge in [0.15, 0.2) is 5.96 Å². The molecule has 1 heterocycles. The third-order valence-corrected chi connectivity index (χ3v) is 2.16. The average Bonchev–Trinajstić information content (AvgIpc) is 2.52. The van der Waals surface area contributed by atoms with Gasteiger partial charge in [0.05, 0.1) is 6.54 Å². The van der Waals surface area contributed by atoms with Gasteiger partial charge in [-0.15, -0.1) is 0 Å². The minimum atomic E-state index is 0.260. The quantitative estimate of drug-likeness (QED) is 0.699. The molecule has 0 bridgehead atoms. The van der Waals surface area contributed by atoms with Gasteiger partial charge < -0.3 is 15.3 Å². The lowest BCUT2D eigenvalue weighted by Gasteiger charge is -2.15. The highest BCUT2D eigenvalue weighted by Crippen LogP contribution is 2.16. The summed E-state index contributed by atoms with van der Waals surface area (Å²) < 4.78 is 0. The van der Waals surface area contributed by atoms with E-state index in [-0.39, 0.29) is 5.75 Å². The van der Waals surface area contributed by atoms with E-state index in [1.54, 1.807) is 18.2 Å². The van der Waals surface area contributed by atoms with Crippen molar-refractivity contribution in [3.05, 3.63) is 24.3 Å². The molecule has 0 spiro atoms. The van der Waals surface area contributed by atoms with Crippen LogP contribution < -0.4 is 5.32 Å². The van der Waals surface area contributed by atoms with Crippen LogP contribution in [0.4, 0.5) is 5.69 Å². The fraction of sp³-hybridized carbons (Fsp3) is 0.300. The minimum Gasteiger partial charge on any atom is -0.508 e. The Balaban J connectivity index is 2.11. The van der Waals surface area contributed by atoms with E-state index in [4.69, 9.17) is 0 Å². The number of phenols is 1. The minimum absolute atomic E-state index is 0.260. The molecule has 4 heteroatoms. The second-order valence-corrected chi connectivity index (χ2v) is 3.30. The molecule has 4 nitrogen and oxygen atoms in total. The predicted molar refractivity (Wildman–Crippen MR) is 56.7 cm³/mol. The molecule has 14 heavy (non-hydrogen) atoms. The summed E-state index contributed by atoms with van der Waals surface area (Å²) in [7, 11) is 1.99. The van der Waals surface area contributed by atoms with Crippen LogP contribution in [0.1, 0.15) is 0 Å². The van der Waals surface area contributed by atoms with Crippen LogP contribution in [-0.2, 0) is 0 Å². The van der Waals surface area contributed by atoms with E-state index in [0.717, 1.165) is 24.7 Å². The molecule has 74 valence electrons. The van der Waals surface area contributed by atoms with Crippen molar-refractivity contribution in [2.75, 3.05) is 25.5 Å². The maximum absolute atomic E-state index is 9.26. The molecule has 1 aliphatic rings. The van der Waals surface area contributed by atoms with Crippen molar-refractivity contribution >= 4 is 11.6 Å². The molecule has 1 aromatic carbocycles. The number of benzene rings is 1. The SMILES string of the molecule is CN1CCN=C1Nc1cccc(O)c1. The fourth-order valence-corrected chi connectivity index (χ4v) is 1.38. The van der Waals surface area contributed by atoms with E-state index in [9.17, 15) is 5.11 Å². The Hall–Kier alpha value is -1.71. The number of aromatic hydroxyl groups is 1. The predicted octanol–water partition coefficient (Wildman–Crippen LogP) is 1.11. The largest absolute Gasteiger partial charge is 0.508 e. The van der Waals surface area contributed by atoms with Gasteiger partial charge in [-0.1, -0.05) is 6.07 Å². The van der Waals surface area contributed by atoms with Crippen LogP contribution in [0.5, 0.6) is 5.75 Å². The van der Waals surface area contributed by atoms with E-state index in [1.807, 2.05) is 18.0 Å². The first-order valence-corrected chi connectivity index (χ1v) is 4.57. The topological polar surface area (TPSA) is 47.9 Å². The standard InChI is InChI=1S/C10H13N3O/c1-13-6-5-11-10(13)12-8-3-2-4-9(14)7-8/h2-4,7,14H,5-6H2,1H3,(H,11,12). The van der Waals surface area contributed by atoms with E-state index in [1.165, 1.54) is 0 Å². The van der Waals surface area contributed by atoms with Gasteiger partial charge >= 0.3 is 0 Å². The summed E-state index contributed by atoms with van der Waals surface area (Å²) in [6.45, 7) is 1.78. The number of nitrogens with one attached hydrogen (secondary N) is 1. The van der Waals surface area contributed by atoms with E-state index < -0.39 is 0 Å². The zero-order chi connectivity index (χ0) is 9.97. The Kier molecular flexibility index (Phi) is 2.26. The van der Waals surface area contributed by atoms with Gasteiger partial charge in [0.2, 0.25) is 0 Å². The fourth-order valence-electron chi connectivity index (χ4n) is 1.38. The van der Waals surface area contributed by atoms with Crippen molar-refractivity contribution in [2.45, 2.75) is 0 Å². The summed E-state index contributed by atoms with van der Waals surface area (Å²) in [5.74, 6) is 1.12.